The number of ether oxygens (including phenoxy) is 2. The number of non-ortho nitro benzene ring substituents is 1. The molecule has 3 aromatic rings. The Bertz CT molecular complexity index is 1010. The Hall–Kier alpha value is -3.39. The van der Waals surface area contributed by atoms with E-state index in [1.54, 1.807) is 16.8 Å². The molecule has 1 N–H and O–H groups in total. The van der Waals surface area contributed by atoms with Crippen molar-refractivity contribution < 1.29 is 14.4 Å². The van der Waals surface area contributed by atoms with Gasteiger partial charge in [-0.25, -0.2) is 0 Å². The van der Waals surface area contributed by atoms with E-state index >= 15 is 0 Å². The maximum absolute atomic E-state index is 10.8. The first-order valence-corrected chi connectivity index (χ1v) is 9.47. The predicted octanol–water partition coefficient (Wildman–Crippen LogP) is 3.45. The zero-order valence-corrected chi connectivity index (χ0v) is 16.1. The molecule has 0 atom stereocenters. The molecule has 0 fully saturated rings. The molecule has 150 valence electrons. The van der Waals surface area contributed by atoms with Crippen LogP contribution in [0.15, 0.2) is 48.7 Å². The molecule has 2 heterocycles. The van der Waals surface area contributed by atoms with Crippen molar-refractivity contribution in [1.29, 1.82) is 0 Å². The van der Waals surface area contributed by atoms with Gasteiger partial charge >= 0.3 is 0 Å². The van der Waals surface area contributed by atoms with Gasteiger partial charge in [0.1, 0.15) is 0 Å². The molecule has 2 aromatic carbocycles. The lowest BCUT2D eigenvalue weighted by Gasteiger charge is -2.10. The minimum atomic E-state index is -0.394. The molecule has 0 aliphatic carbocycles. The number of nitrogens with zero attached hydrogens (tertiary/aromatic N) is 3. The Kier molecular flexibility index (Phi) is 5.44. The third-order valence-electron chi connectivity index (χ3n) is 4.72. The number of nitrogens with one attached hydrogen (secondary N) is 1. The van der Waals surface area contributed by atoms with Gasteiger partial charge in [0.05, 0.1) is 23.8 Å². The number of nitro groups is 1. The van der Waals surface area contributed by atoms with E-state index in [4.69, 9.17) is 9.47 Å². The molecule has 1 aliphatic rings. The van der Waals surface area contributed by atoms with E-state index < -0.39 is 4.92 Å². The summed E-state index contributed by atoms with van der Waals surface area (Å²) < 4.78 is 13.3. The maximum Gasteiger partial charge on any atom is 0.269 e. The van der Waals surface area contributed by atoms with Gasteiger partial charge in [-0.15, -0.1) is 0 Å². The summed E-state index contributed by atoms with van der Waals surface area (Å²) in [6.07, 6.45) is 2.85. The number of aryl methyl sites for hydroxylation is 1. The maximum atomic E-state index is 10.8. The van der Waals surface area contributed by atoms with E-state index in [1.807, 2.05) is 31.4 Å². The van der Waals surface area contributed by atoms with E-state index in [2.05, 4.69) is 10.4 Å². The van der Waals surface area contributed by atoms with Crippen molar-refractivity contribution >= 4 is 5.69 Å². The van der Waals surface area contributed by atoms with E-state index in [9.17, 15) is 10.1 Å². The van der Waals surface area contributed by atoms with Crippen LogP contribution in [-0.2, 0) is 20.1 Å². The van der Waals surface area contributed by atoms with Crippen molar-refractivity contribution in [2.75, 3.05) is 13.2 Å². The van der Waals surface area contributed by atoms with E-state index in [0.717, 1.165) is 40.3 Å². The standard InChI is InChI=1S/C21H22N4O4/c1-24-14-17(13-22-12-15-3-6-18(7-4-15)25(26)27)21(23-24)16-5-8-19-20(11-16)29-10-2-9-28-19/h3-8,11,14,22H,2,9-10,12-13H2,1H3. The number of nitro benzene ring substituents is 1. The van der Waals surface area contributed by atoms with Crippen molar-refractivity contribution in [3.8, 4) is 22.8 Å². The van der Waals surface area contributed by atoms with Crippen molar-refractivity contribution in [3.05, 3.63) is 69.9 Å². The molecule has 0 saturated carbocycles. The van der Waals surface area contributed by atoms with Gasteiger partial charge in [0.25, 0.3) is 5.69 Å². The van der Waals surface area contributed by atoms with Gasteiger partial charge in [-0.1, -0.05) is 12.1 Å². The molecule has 0 amide bonds. The van der Waals surface area contributed by atoms with Gasteiger partial charge in [0, 0.05) is 56.0 Å². The summed E-state index contributed by atoms with van der Waals surface area (Å²) in [6.45, 7) is 2.53. The SMILES string of the molecule is Cn1cc(CNCc2ccc([N+](=O)[O-])cc2)c(-c2ccc3c(c2)OCCCO3)n1. The zero-order chi connectivity index (χ0) is 20.2. The van der Waals surface area contributed by atoms with Crippen molar-refractivity contribution in [2.45, 2.75) is 19.5 Å². The molecule has 1 aromatic heterocycles. The van der Waals surface area contributed by atoms with Crippen LogP contribution in [0.3, 0.4) is 0 Å². The Morgan fingerprint density at radius 3 is 2.62 bits per heavy atom. The van der Waals surface area contributed by atoms with Crippen LogP contribution < -0.4 is 14.8 Å². The highest BCUT2D eigenvalue weighted by Gasteiger charge is 2.15. The molecule has 29 heavy (non-hydrogen) atoms. The number of hydrogen-bond donors (Lipinski definition) is 1. The number of rotatable bonds is 6. The van der Waals surface area contributed by atoms with Crippen LogP contribution >= 0.6 is 0 Å². The molecule has 8 nitrogen and oxygen atoms in total. The quantitative estimate of drug-likeness (QED) is 0.509. The second-order valence-corrected chi connectivity index (χ2v) is 6.92. The van der Waals surface area contributed by atoms with Crippen molar-refractivity contribution in [2.24, 2.45) is 7.05 Å². The summed E-state index contributed by atoms with van der Waals surface area (Å²) in [5.74, 6) is 1.51. The van der Waals surface area contributed by atoms with Crippen LogP contribution in [0.2, 0.25) is 0 Å². The Morgan fingerprint density at radius 1 is 1.10 bits per heavy atom. The van der Waals surface area contributed by atoms with Gasteiger partial charge in [-0.05, 0) is 23.8 Å². The first-order valence-electron chi connectivity index (χ1n) is 9.47. The lowest BCUT2D eigenvalue weighted by atomic mass is 10.1. The molecule has 4 rings (SSSR count). The summed E-state index contributed by atoms with van der Waals surface area (Å²) >= 11 is 0. The average molecular weight is 394 g/mol. The first kappa shape index (κ1) is 18.9. The summed E-state index contributed by atoms with van der Waals surface area (Å²) in [4.78, 5) is 10.4. The summed E-state index contributed by atoms with van der Waals surface area (Å²) in [5, 5.41) is 18.8. The van der Waals surface area contributed by atoms with Crippen LogP contribution in [0.1, 0.15) is 17.5 Å². The summed E-state index contributed by atoms with van der Waals surface area (Å²) in [7, 11) is 1.90. The van der Waals surface area contributed by atoms with Crippen LogP contribution in [0.5, 0.6) is 11.5 Å². The molecule has 8 heteroatoms. The molecular formula is C21H22N4O4. The fourth-order valence-corrected chi connectivity index (χ4v) is 3.30. The number of hydrogen-bond acceptors (Lipinski definition) is 6. The van der Waals surface area contributed by atoms with Gasteiger partial charge in [-0.2, -0.15) is 5.10 Å². The fraction of sp³-hybridized carbons (Fsp3) is 0.286. The van der Waals surface area contributed by atoms with Gasteiger partial charge in [0.2, 0.25) is 0 Å². The second-order valence-electron chi connectivity index (χ2n) is 6.92. The van der Waals surface area contributed by atoms with Crippen molar-refractivity contribution in [3.63, 3.8) is 0 Å². The number of benzene rings is 2. The van der Waals surface area contributed by atoms with Crippen LogP contribution in [0.4, 0.5) is 5.69 Å². The molecule has 0 radical (unpaired) electrons. The van der Waals surface area contributed by atoms with E-state index in [-0.39, 0.29) is 5.69 Å². The Balaban J connectivity index is 1.47. The van der Waals surface area contributed by atoms with E-state index in [1.165, 1.54) is 12.1 Å². The van der Waals surface area contributed by atoms with Gasteiger partial charge in [0.15, 0.2) is 11.5 Å². The molecule has 1 aliphatic heterocycles. The third kappa shape index (κ3) is 4.38. The minimum Gasteiger partial charge on any atom is -0.490 e. The number of fused-ring (bicyclic) bond motifs is 1. The minimum absolute atomic E-state index is 0.0951. The predicted molar refractivity (Wildman–Crippen MR) is 108 cm³/mol. The Morgan fingerprint density at radius 2 is 1.86 bits per heavy atom. The number of aromatic nitrogens is 2. The molecule has 0 saturated heterocycles. The van der Waals surface area contributed by atoms with E-state index in [0.29, 0.717) is 26.3 Å². The van der Waals surface area contributed by atoms with Gasteiger partial charge < -0.3 is 14.8 Å². The van der Waals surface area contributed by atoms with Crippen LogP contribution in [-0.4, -0.2) is 27.9 Å². The van der Waals surface area contributed by atoms with Gasteiger partial charge in [-0.3, -0.25) is 14.8 Å². The first-order chi connectivity index (χ1) is 14.1. The molecular weight excluding hydrogens is 372 g/mol. The van der Waals surface area contributed by atoms with Crippen molar-refractivity contribution in [1.82, 2.24) is 15.1 Å². The second kappa shape index (κ2) is 8.32. The fourth-order valence-electron chi connectivity index (χ4n) is 3.30. The molecule has 0 unspecified atom stereocenters. The summed E-state index contributed by atoms with van der Waals surface area (Å²) in [6, 6.07) is 12.5. The largest absolute Gasteiger partial charge is 0.490 e. The molecule has 0 spiro atoms. The lowest BCUT2D eigenvalue weighted by Crippen LogP contribution is -2.12. The van der Waals surface area contributed by atoms with Crippen LogP contribution in [0.25, 0.3) is 11.3 Å². The summed E-state index contributed by atoms with van der Waals surface area (Å²) in [5.41, 5.74) is 4.00. The van der Waals surface area contributed by atoms with Crippen LogP contribution in [0, 0.1) is 10.1 Å². The topological polar surface area (TPSA) is 91.5 Å². The lowest BCUT2D eigenvalue weighted by molar-refractivity contribution is -0.384. The third-order valence-corrected chi connectivity index (χ3v) is 4.72. The monoisotopic (exact) mass is 394 g/mol. The highest BCUT2D eigenvalue weighted by Crippen LogP contribution is 2.34. The normalized spacial score (nSPS) is 13.1. The molecule has 0 bridgehead atoms. The highest BCUT2D eigenvalue weighted by atomic mass is 16.6. The average Bonchev–Trinajstić information content (AvgIpc) is 2.94. The smallest absolute Gasteiger partial charge is 0.269 e. The Labute approximate surface area is 168 Å². The highest BCUT2D eigenvalue weighted by molar-refractivity contribution is 5.66. The zero-order valence-electron chi connectivity index (χ0n) is 16.1.